The van der Waals surface area contributed by atoms with Gasteiger partial charge in [0.05, 0.1) is 19.3 Å². The highest BCUT2D eigenvalue weighted by molar-refractivity contribution is 6.31. The molecule has 1 amide bonds. The van der Waals surface area contributed by atoms with Crippen LogP contribution in [0, 0.1) is 6.92 Å². The molecule has 0 spiro atoms. The van der Waals surface area contributed by atoms with Crippen LogP contribution in [0.25, 0.3) is 0 Å². The molecule has 0 saturated carbocycles. The predicted octanol–water partition coefficient (Wildman–Crippen LogP) is 2.84. The lowest BCUT2D eigenvalue weighted by Crippen LogP contribution is -2.24. The molecule has 0 aliphatic heterocycles. The fourth-order valence-electron chi connectivity index (χ4n) is 2.16. The second kappa shape index (κ2) is 7.99. The molecule has 0 aliphatic carbocycles. The van der Waals surface area contributed by atoms with E-state index in [1.54, 1.807) is 31.5 Å². The number of nitrogens with one attached hydrogen (secondary N) is 2. The maximum atomic E-state index is 12.1. The summed E-state index contributed by atoms with van der Waals surface area (Å²) in [4.78, 5) is 21.6. The molecular formula is C16H21ClN4O2. The molecule has 2 rings (SSSR count). The molecule has 0 saturated heterocycles. The molecule has 1 aromatic heterocycles. The Kier molecular flexibility index (Phi) is 6.01. The Morgan fingerprint density at radius 3 is 2.91 bits per heavy atom. The van der Waals surface area contributed by atoms with Gasteiger partial charge in [0.15, 0.2) is 0 Å². The van der Waals surface area contributed by atoms with E-state index >= 15 is 0 Å². The van der Waals surface area contributed by atoms with Crippen LogP contribution in [0.3, 0.4) is 0 Å². The number of aromatic amines is 1. The maximum absolute atomic E-state index is 12.1. The number of hydrogen-bond donors (Lipinski definition) is 2. The molecule has 0 aliphatic rings. The minimum atomic E-state index is -0.0898. The number of hydrogen-bond acceptors (Lipinski definition) is 4. The second-order valence-corrected chi connectivity index (χ2v) is 5.83. The van der Waals surface area contributed by atoms with Crippen molar-refractivity contribution >= 4 is 23.2 Å². The largest absolute Gasteiger partial charge is 0.495 e. The van der Waals surface area contributed by atoms with Gasteiger partial charge in [-0.15, -0.1) is 0 Å². The number of imidazole rings is 1. The molecule has 124 valence electrons. The van der Waals surface area contributed by atoms with Gasteiger partial charge in [0.25, 0.3) is 0 Å². The van der Waals surface area contributed by atoms with Crippen LogP contribution in [-0.4, -0.2) is 41.5 Å². The number of anilines is 1. The zero-order valence-electron chi connectivity index (χ0n) is 13.5. The van der Waals surface area contributed by atoms with Gasteiger partial charge >= 0.3 is 0 Å². The lowest BCUT2D eigenvalue weighted by Gasteiger charge is -2.15. The molecule has 2 aromatic rings. The molecule has 0 radical (unpaired) electrons. The summed E-state index contributed by atoms with van der Waals surface area (Å²) in [6, 6.07) is 5.12. The SMILES string of the molecule is COc1ccc(Cl)cc1NC(=O)CCN(C)Cc1ncc(C)[nH]1. The fraction of sp³-hybridized carbons (Fsp3) is 0.375. The van der Waals surface area contributed by atoms with Gasteiger partial charge in [0, 0.05) is 29.9 Å². The van der Waals surface area contributed by atoms with E-state index in [2.05, 4.69) is 15.3 Å². The van der Waals surface area contributed by atoms with E-state index in [1.165, 1.54) is 0 Å². The standard InChI is InChI=1S/C16H21ClN4O2/c1-11-9-18-15(19-11)10-21(2)7-6-16(22)20-13-8-12(17)4-5-14(13)23-3/h4-5,8-9H,6-7,10H2,1-3H3,(H,18,19)(H,20,22). The molecule has 0 bridgehead atoms. The summed E-state index contributed by atoms with van der Waals surface area (Å²) < 4.78 is 5.21. The van der Waals surface area contributed by atoms with Crippen molar-refractivity contribution < 1.29 is 9.53 Å². The fourth-order valence-corrected chi connectivity index (χ4v) is 2.34. The zero-order valence-corrected chi connectivity index (χ0v) is 14.3. The Morgan fingerprint density at radius 2 is 2.26 bits per heavy atom. The van der Waals surface area contributed by atoms with E-state index in [1.807, 2.05) is 18.9 Å². The number of benzene rings is 1. The molecule has 6 nitrogen and oxygen atoms in total. The van der Waals surface area contributed by atoms with Crippen LogP contribution in [0.2, 0.25) is 5.02 Å². The summed E-state index contributed by atoms with van der Waals surface area (Å²) >= 11 is 5.95. The van der Waals surface area contributed by atoms with Crippen LogP contribution in [0.5, 0.6) is 5.75 Å². The van der Waals surface area contributed by atoms with Crippen molar-refractivity contribution in [2.24, 2.45) is 0 Å². The van der Waals surface area contributed by atoms with Gasteiger partial charge in [0.1, 0.15) is 11.6 Å². The number of carbonyl (C=O) groups is 1. The highest BCUT2D eigenvalue weighted by atomic mass is 35.5. The quantitative estimate of drug-likeness (QED) is 0.815. The normalized spacial score (nSPS) is 10.8. The van der Waals surface area contributed by atoms with E-state index < -0.39 is 0 Å². The van der Waals surface area contributed by atoms with Crippen molar-refractivity contribution in [1.82, 2.24) is 14.9 Å². The van der Waals surface area contributed by atoms with Gasteiger partial charge in [-0.2, -0.15) is 0 Å². The van der Waals surface area contributed by atoms with Crippen molar-refractivity contribution in [3.63, 3.8) is 0 Å². The van der Waals surface area contributed by atoms with E-state index in [9.17, 15) is 4.79 Å². The summed E-state index contributed by atoms with van der Waals surface area (Å²) in [6.07, 6.45) is 2.16. The number of aryl methyl sites for hydroxylation is 1. The molecule has 0 fully saturated rings. The lowest BCUT2D eigenvalue weighted by atomic mass is 10.2. The molecule has 2 N–H and O–H groups in total. The van der Waals surface area contributed by atoms with Crippen molar-refractivity contribution in [1.29, 1.82) is 0 Å². The summed E-state index contributed by atoms with van der Waals surface area (Å²) in [5.74, 6) is 1.39. The van der Waals surface area contributed by atoms with Crippen molar-refractivity contribution in [3.05, 3.63) is 40.9 Å². The number of halogens is 1. The summed E-state index contributed by atoms with van der Waals surface area (Å²) in [7, 11) is 3.50. The Balaban J connectivity index is 1.84. The van der Waals surface area contributed by atoms with Gasteiger partial charge in [-0.1, -0.05) is 11.6 Å². The maximum Gasteiger partial charge on any atom is 0.225 e. The Morgan fingerprint density at radius 1 is 1.48 bits per heavy atom. The van der Waals surface area contributed by atoms with Crippen LogP contribution in [0.15, 0.2) is 24.4 Å². The molecule has 0 atom stereocenters. The van der Waals surface area contributed by atoms with E-state index in [0.29, 0.717) is 36.0 Å². The third-order valence-electron chi connectivity index (χ3n) is 3.33. The number of nitrogens with zero attached hydrogens (tertiary/aromatic N) is 2. The van der Waals surface area contributed by atoms with Crippen molar-refractivity contribution in [2.45, 2.75) is 19.9 Å². The first-order valence-corrected chi connectivity index (χ1v) is 7.68. The minimum Gasteiger partial charge on any atom is -0.495 e. The van der Waals surface area contributed by atoms with Crippen LogP contribution >= 0.6 is 11.6 Å². The van der Waals surface area contributed by atoms with Crippen LogP contribution in [-0.2, 0) is 11.3 Å². The van der Waals surface area contributed by atoms with Crippen LogP contribution in [0.4, 0.5) is 5.69 Å². The predicted molar refractivity (Wildman–Crippen MR) is 90.9 cm³/mol. The second-order valence-electron chi connectivity index (χ2n) is 5.39. The molecule has 7 heteroatoms. The molecule has 1 heterocycles. The number of methoxy groups -OCH3 is 1. The average Bonchev–Trinajstić information content (AvgIpc) is 2.90. The van der Waals surface area contributed by atoms with Crippen LogP contribution < -0.4 is 10.1 Å². The van der Waals surface area contributed by atoms with Crippen molar-refractivity contribution in [2.75, 3.05) is 26.0 Å². The summed E-state index contributed by atoms with van der Waals surface area (Å²) in [5.41, 5.74) is 1.61. The van der Waals surface area contributed by atoms with Gasteiger partial charge < -0.3 is 15.0 Å². The van der Waals surface area contributed by atoms with E-state index in [4.69, 9.17) is 16.3 Å². The number of carbonyl (C=O) groups excluding carboxylic acids is 1. The van der Waals surface area contributed by atoms with Gasteiger partial charge in [-0.25, -0.2) is 4.98 Å². The Hall–Kier alpha value is -2.05. The highest BCUT2D eigenvalue weighted by Crippen LogP contribution is 2.27. The highest BCUT2D eigenvalue weighted by Gasteiger charge is 2.10. The van der Waals surface area contributed by atoms with Crippen LogP contribution in [0.1, 0.15) is 17.9 Å². The molecule has 23 heavy (non-hydrogen) atoms. The Bertz CT molecular complexity index is 672. The number of H-pyrrole nitrogens is 1. The first-order valence-electron chi connectivity index (χ1n) is 7.30. The molecular weight excluding hydrogens is 316 g/mol. The Labute approximate surface area is 140 Å². The number of amides is 1. The van der Waals surface area contributed by atoms with E-state index in [-0.39, 0.29) is 5.91 Å². The zero-order chi connectivity index (χ0) is 16.8. The number of rotatable bonds is 7. The third kappa shape index (κ3) is 5.26. The number of aromatic nitrogens is 2. The average molecular weight is 337 g/mol. The summed E-state index contributed by atoms with van der Waals surface area (Å²) in [5, 5.41) is 3.37. The monoisotopic (exact) mass is 336 g/mol. The van der Waals surface area contributed by atoms with Gasteiger partial charge in [-0.3, -0.25) is 9.69 Å². The topological polar surface area (TPSA) is 70.2 Å². The van der Waals surface area contributed by atoms with Gasteiger partial charge in [-0.05, 0) is 32.2 Å². The third-order valence-corrected chi connectivity index (χ3v) is 3.57. The molecule has 0 unspecified atom stereocenters. The van der Waals surface area contributed by atoms with E-state index in [0.717, 1.165) is 11.5 Å². The first kappa shape index (κ1) is 17.3. The van der Waals surface area contributed by atoms with Crippen molar-refractivity contribution in [3.8, 4) is 5.75 Å². The van der Waals surface area contributed by atoms with Gasteiger partial charge in [0.2, 0.25) is 5.91 Å². The minimum absolute atomic E-state index is 0.0898. The smallest absolute Gasteiger partial charge is 0.225 e. The summed E-state index contributed by atoms with van der Waals surface area (Å²) in [6.45, 7) is 3.25. The molecule has 1 aromatic carbocycles. The number of ether oxygens (including phenoxy) is 1. The lowest BCUT2D eigenvalue weighted by molar-refractivity contribution is -0.116. The first-order chi connectivity index (χ1) is 11.0.